The van der Waals surface area contributed by atoms with Gasteiger partial charge in [0, 0.05) is 6.54 Å². The summed E-state index contributed by atoms with van der Waals surface area (Å²) in [5.74, 6) is 5.62. The molecule has 1 heterocycles. The number of hydrogen-bond donors (Lipinski definition) is 2. The van der Waals surface area contributed by atoms with E-state index in [1.165, 1.54) is 0 Å². The molecule has 5 nitrogen and oxygen atoms in total. The second kappa shape index (κ2) is 6.60. The largest absolute Gasteiger partial charge is 0.372 e. The van der Waals surface area contributed by atoms with Crippen molar-refractivity contribution in [1.29, 1.82) is 0 Å². The fraction of sp³-hybridized carbons (Fsp3) is 0.714. The Hall–Kier alpha value is -1.10. The van der Waals surface area contributed by atoms with Crippen molar-refractivity contribution in [3.05, 3.63) is 0 Å². The quantitative estimate of drug-likeness (QED) is 0.441. The fourth-order valence-electron chi connectivity index (χ4n) is 0.622. The van der Waals surface area contributed by atoms with Crippen molar-refractivity contribution in [2.24, 2.45) is 16.0 Å². The zero-order valence-corrected chi connectivity index (χ0v) is 7.79. The smallest absolute Gasteiger partial charge is 0.0933 e. The van der Waals surface area contributed by atoms with E-state index in [9.17, 15) is 0 Å². The maximum atomic E-state index is 4.54. The third-order valence-electron chi connectivity index (χ3n) is 1.08. The molecule has 12 heavy (non-hydrogen) atoms. The van der Waals surface area contributed by atoms with Crippen LogP contribution in [0.2, 0.25) is 0 Å². The summed E-state index contributed by atoms with van der Waals surface area (Å²) >= 11 is 0. The molecule has 1 aliphatic heterocycles. The minimum absolute atomic E-state index is 0.817. The van der Waals surface area contributed by atoms with Gasteiger partial charge >= 0.3 is 0 Å². The highest BCUT2D eigenvalue weighted by molar-refractivity contribution is 5.80. The van der Waals surface area contributed by atoms with Crippen molar-refractivity contribution < 1.29 is 4.94 Å². The van der Waals surface area contributed by atoms with Crippen molar-refractivity contribution in [3.63, 3.8) is 0 Å². The van der Waals surface area contributed by atoms with Crippen LogP contribution < -0.4 is 11.2 Å². The van der Waals surface area contributed by atoms with E-state index in [4.69, 9.17) is 0 Å². The van der Waals surface area contributed by atoms with Gasteiger partial charge in [-0.3, -0.25) is 4.99 Å². The lowest BCUT2D eigenvalue weighted by Crippen LogP contribution is -2.13. The Balaban J connectivity index is 0.000000202. The lowest BCUT2D eigenvalue weighted by atomic mass is 10.5. The number of hydrogen-bond acceptors (Lipinski definition) is 5. The average Bonchev–Trinajstić information content (AvgIpc) is 2.40. The van der Waals surface area contributed by atoms with Crippen molar-refractivity contribution in [1.82, 2.24) is 5.32 Å². The molecule has 5 heteroatoms. The average molecular weight is 172 g/mol. The number of aliphatic imine (C=N–C) groups is 1. The highest BCUT2D eigenvalue weighted by Crippen LogP contribution is 1.79. The molecular weight excluding hydrogens is 156 g/mol. The Labute approximate surface area is 72.6 Å². The number of rotatable bonds is 1. The van der Waals surface area contributed by atoms with Crippen molar-refractivity contribution in [2.75, 3.05) is 13.1 Å². The Kier molecular flexibility index (Phi) is 6.00. The third kappa shape index (κ3) is 7.01. The standard InChI is InChI=1S/C4H8N2.C3H8N2O/c1-4-5-2-3-6-4;1-3(2)5-6-4/h2-3H2,1H3,(H,5,6);4H2,1-2H3. The Morgan fingerprint density at radius 1 is 1.67 bits per heavy atom. The molecule has 0 aromatic heterocycles. The second-order valence-electron chi connectivity index (χ2n) is 2.54. The summed E-state index contributed by atoms with van der Waals surface area (Å²) in [6.45, 7) is 7.57. The van der Waals surface area contributed by atoms with E-state index in [0.29, 0.717) is 0 Å². The van der Waals surface area contributed by atoms with E-state index in [1.54, 1.807) is 13.8 Å². The first-order chi connectivity index (χ1) is 5.66. The van der Waals surface area contributed by atoms with Gasteiger partial charge in [0.05, 0.1) is 18.1 Å². The first-order valence-electron chi connectivity index (χ1n) is 3.79. The zero-order chi connectivity index (χ0) is 9.40. The van der Waals surface area contributed by atoms with Crippen LogP contribution in [0.25, 0.3) is 0 Å². The van der Waals surface area contributed by atoms with Gasteiger partial charge in [-0.15, -0.1) is 5.90 Å². The van der Waals surface area contributed by atoms with Crippen LogP contribution in [0.15, 0.2) is 10.1 Å². The normalized spacial score (nSPS) is 13.5. The molecule has 0 spiro atoms. The van der Waals surface area contributed by atoms with Crippen molar-refractivity contribution >= 4 is 11.5 Å². The van der Waals surface area contributed by atoms with E-state index in [1.807, 2.05) is 6.92 Å². The second-order valence-corrected chi connectivity index (χ2v) is 2.54. The summed E-state index contributed by atoms with van der Waals surface area (Å²) < 4.78 is 0. The lowest BCUT2D eigenvalue weighted by Gasteiger charge is -1.85. The van der Waals surface area contributed by atoms with Crippen molar-refractivity contribution in [2.45, 2.75) is 20.8 Å². The van der Waals surface area contributed by atoms with E-state index in [-0.39, 0.29) is 0 Å². The predicted molar refractivity (Wildman–Crippen MR) is 50.0 cm³/mol. The van der Waals surface area contributed by atoms with Crippen LogP contribution in [0.5, 0.6) is 0 Å². The number of oxime groups is 1. The van der Waals surface area contributed by atoms with Gasteiger partial charge in [0.25, 0.3) is 0 Å². The van der Waals surface area contributed by atoms with Gasteiger partial charge in [0.1, 0.15) is 0 Å². The van der Waals surface area contributed by atoms with Crippen LogP contribution in [0.3, 0.4) is 0 Å². The van der Waals surface area contributed by atoms with E-state index >= 15 is 0 Å². The summed E-state index contributed by atoms with van der Waals surface area (Å²) in [6.07, 6.45) is 0. The molecule has 0 aliphatic carbocycles. The van der Waals surface area contributed by atoms with E-state index in [2.05, 4.69) is 26.3 Å². The molecule has 0 amide bonds. The van der Waals surface area contributed by atoms with Crippen LogP contribution in [0, 0.1) is 0 Å². The number of amidine groups is 1. The summed E-state index contributed by atoms with van der Waals surface area (Å²) in [5.41, 5.74) is 0.817. The van der Waals surface area contributed by atoms with Gasteiger partial charge < -0.3 is 10.3 Å². The number of nitrogens with two attached hydrogens (primary N) is 1. The lowest BCUT2D eigenvalue weighted by molar-refractivity contribution is 0.148. The molecule has 1 aliphatic rings. The predicted octanol–water partition coefficient (Wildman–Crippen LogP) is 0.281. The Morgan fingerprint density at radius 2 is 2.33 bits per heavy atom. The van der Waals surface area contributed by atoms with Crippen LogP contribution >= 0.6 is 0 Å². The molecule has 0 aromatic carbocycles. The molecule has 0 bridgehead atoms. The molecule has 0 saturated heterocycles. The van der Waals surface area contributed by atoms with E-state index < -0.39 is 0 Å². The Bertz CT molecular complexity index is 172. The number of nitrogens with one attached hydrogen (secondary N) is 1. The molecule has 0 fully saturated rings. The number of nitrogens with zero attached hydrogens (tertiary/aromatic N) is 2. The Morgan fingerprint density at radius 3 is 2.42 bits per heavy atom. The van der Waals surface area contributed by atoms with E-state index in [0.717, 1.165) is 24.6 Å². The van der Waals surface area contributed by atoms with Gasteiger partial charge in [0.15, 0.2) is 0 Å². The molecule has 0 unspecified atom stereocenters. The summed E-state index contributed by atoms with van der Waals surface area (Å²) in [5, 5.41) is 6.39. The third-order valence-corrected chi connectivity index (χ3v) is 1.08. The monoisotopic (exact) mass is 172 g/mol. The van der Waals surface area contributed by atoms with Crippen LogP contribution in [-0.2, 0) is 4.94 Å². The minimum atomic E-state index is 0.817. The van der Waals surface area contributed by atoms with Gasteiger partial charge in [-0.1, -0.05) is 5.16 Å². The maximum Gasteiger partial charge on any atom is 0.0933 e. The topological polar surface area (TPSA) is 72.0 Å². The zero-order valence-electron chi connectivity index (χ0n) is 7.79. The van der Waals surface area contributed by atoms with Gasteiger partial charge in [0.2, 0.25) is 0 Å². The molecule has 0 saturated carbocycles. The van der Waals surface area contributed by atoms with Gasteiger partial charge in [-0.2, -0.15) is 0 Å². The van der Waals surface area contributed by atoms with Crippen molar-refractivity contribution in [3.8, 4) is 0 Å². The minimum Gasteiger partial charge on any atom is -0.372 e. The maximum absolute atomic E-state index is 4.54. The highest BCUT2D eigenvalue weighted by Gasteiger charge is 1.93. The fourth-order valence-corrected chi connectivity index (χ4v) is 0.622. The first kappa shape index (κ1) is 10.9. The molecule has 0 aromatic rings. The SMILES string of the molecule is CC(C)=NON.CC1=NCCN1. The van der Waals surface area contributed by atoms with Gasteiger partial charge in [-0.05, 0) is 20.8 Å². The van der Waals surface area contributed by atoms with Crippen LogP contribution in [0.4, 0.5) is 0 Å². The summed E-state index contributed by atoms with van der Waals surface area (Å²) in [4.78, 5) is 7.93. The molecule has 70 valence electrons. The molecular formula is C7H16N4O. The van der Waals surface area contributed by atoms with Crippen LogP contribution in [-0.4, -0.2) is 24.6 Å². The molecule has 3 N–H and O–H groups in total. The molecule has 0 radical (unpaired) electrons. The highest BCUT2D eigenvalue weighted by atomic mass is 16.7. The van der Waals surface area contributed by atoms with Crippen LogP contribution in [0.1, 0.15) is 20.8 Å². The van der Waals surface area contributed by atoms with Gasteiger partial charge in [-0.25, -0.2) is 0 Å². The summed E-state index contributed by atoms with van der Waals surface area (Å²) in [6, 6.07) is 0. The molecule has 1 rings (SSSR count). The molecule has 0 atom stereocenters. The summed E-state index contributed by atoms with van der Waals surface area (Å²) in [7, 11) is 0. The first-order valence-corrected chi connectivity index (χ1v) is 3.79.